The van der Waals surface area contributed by atoms with E-state index in [9.17, 15) is 13.2 Å². The van der Waals surface area contributed by atoms with Gasteiger partial charge < -0.3 is 5.32 Å². The first-order valence-electron chi connectivity index (χ1n) is 6.29. The molecule has 0 aromatic heterocycles. The molecule has 0 radical (unpaired) electrons. The Morgan fingerprint density at radius 1 is 1.26 bits per heavy atom. The summed E-state index contributed by atoms with van der Waals surface area (Å²) in [6.45, 7) is 2.06. The molecule has 0 atom stereocenters. The fourth-order valence-electron chi connectivity index (χ4n) is 1.93. The highest BCUT2D eigenvalue weighted by atomic mass is 32.2. The maximum atomic E-state index is 11.8. The predicted molar refractivity (Wildman–Crippen MR) is 72.4 cm³/mol. The summed E-state index contributed by atoms with van der Waals surface area (Å²) in [4.78, 5) is 11.9. The fourth-order valence-corrected chi connectivity index (χ4v) is 3.10. The lowest BCUT2D eigenvalue weighted by Crippen LogP contribution is -2.30. The first-order chi connectivity index (χ1) is 9.04. The van der Waals surface area contributed by atoms with Crippen molar-refractivity contribution in [2.24, 2.45) is 4.40 Å². The van der Waals surface area contributed by atoms with E-state index in [-0.39, 0.29) is 16.6 Å². The van der Waals surface area contributed by atoms with Crippen LogP contribution in [0.1, 0.15) is 38.2 Å². The second-order valence-electron chi connectivity index (χ2n) is 4.42. The molecule has 1 heterocycles. The van der Waals surface area contributed by atoms with Crippen LogP contribution in [0.15, 0.2) is 33.6 Å². The van der Waals surface area contributed by atoms with Crippen molar-refractivity contribution in [3.8, 4) is 0 Å². The standard InChI is InChI=1S/C13H16N2O3S/c1-2-3-4-9-12(16)14-13-10-7-5-6-8-11(10)19(17,18)15-13/h5-8H,2-4,9H2,1H3,(H,14,15,16). The third kappa shape index (κ3) is 3.01. The van der Waals surface area contributed by atoms with Crippen molar-refractivity contribution in [2.75, 3.05) is 0 Å². The summed E-state index contributed by atoms with van der Waals surface area (Å²) < 4.78 is 27.1. The highest BCUT2D eigenvalue weighted by molar-refractivity contribution is 7.90. The van der Waals surface area contributed by atoms with Crippen LogP contribution >= 0.6 is 0 Å². The van der Waals surface area contributed by atoms with Crippen molar-refractivity contribution in [2.45, 2.75) is 37.5 Å². The average Bonchev–Trinajstić information content (AvgIpc) is 2.62. The summed E-state index contributed by atoms with van der Waals surface area (Å²) in [7, 11) is -3.65. The van der Waals surface area contributed by atoms with Gasteiger partial charge in [-0.25, -0.2) is 0 Å². The van der Waals surface area contributed by atoms with Gasteiger partial charge in [-0.15, -0.1) is 4.40 Å². The minimum atomic E-state index is -3.65. The number of unbranched alkanes of at least 4 members (excludes halogenated alkanes) is 2. The summed E-state index contributed by atoms with van der Waals surface area (Å²) in [6, 6.07) is 6.49. The molecule has 6 heteroatoms. The summed E-state index contributed by atoms with van der Waals surface area (Å²) in [5.74, 6) is -0.0591. The number of rotatable bonds is 4. The molecule has 2 rings (SSSR count). The molecule has 1 aromatic rings. The van der Waals surface area contributed by atoms with E-state index >= 15 is 0 Å². The number of nitrogens with zero attached hydrogens (tertiary/aromatic N) is 1. The number of amides is 1. The Bertz CT molecular complexity index is 621. The van der Waals surface area contributed by atoms with Gasteiger partial charge in [0.05, 0.1) is 0 Å². The van der Waals surface area contributed by atoms with Crippen molar-refractivity contribution >= 4 is 21.8 Å². The van der Waals surface area contributed by atoms with Crippen LogP contribution in [0.4, 0.5) is 0 Å². The van der Waals surface area contributed by atoms with Gasteiger partial charge in [0.25, 0.3) is 10.0 Å². The van der Waals surface area contributed by atoms with E-state index in [0.29, 0.717) is 12.0 Å². The lowest BCUT2D eigenvalue weighted by molar-refractivity contribution is -0.119. The van der Waals surface area contributed by atoms with E-state index < -0.39 is 10.0 Å². The number of sulfonamides is 1. The molecule has 5 nitrogen and oxygen atoms in total. The number of carbonyl (C=O) groups is 1. The maximum Gasteiger partial charge on any atom is 0.285 e. The zero-order valence-electron chi connectivity index (χ0n) is 10.7. The van der Waals surface area contributed by atoms with E-state index in [1.54, 1.807) is 18.2 Å². The van der Waals surface area contributed by atoms with E-state index in [1.807, 2.05) is 0 Å². The van der Waals surface area contributed by atoms with Crippen LogP contribution in [-0.2, 0) is 14.8 Å². The maximum absolute atomic E-state index is 11.8. The Labute approximate surface area is 112 Å². The van der Waals surface area contributed by atoms with Crippen LogP contribution in [-0.4, -0.2) is 20.2 Å². The summed E-state index contributed by atoms with van der Waals surface area (Å²) >= 11 is 0. The normalized spacial score (nSPS) is 15.7. The topological polar surface area (TPSA) is 75.6 Å². The van der Waals surface area contributed by atoms with Crippen molar-refractivity contribution < 1.29 is 13.2 Å². The molecular formula is C13H16N2O3S. The molecule has 0 fully saturated rings. The molecule has 19 heavy (non-hydrogen) atoms. The summed E-state index contributed by atoms with van der Waals surface area (Å²) in [5.41, 5.74) is 0.464. The summed E-state index contributed by atoms with van der Waals surface area (Å²) in [5, 5.41) is 2.58. The number of hydrogen-bond acceptors (Lipinski definition) is 3. The Kier molecular flexibility index (Phi) is 3.99. The molecule has 1 amide bonds. The lowest BCUT2D eigenvalue weighted by atomic mass is 10.2. The SMILES string of the molecule is CCCCCC(=O)NC1=NS(=O)(=O)c2ccccc21. The highest BCUT2D eigenvalue weighted by Crippen LogP contribution is 2.24. The number of benzene rings is 1. The molecule has 0 aliphatic carbocycles. The van der Waals surface area contributed by atoms with Gasteiger partial charge in [-0.3, -0.25) is 4.79 Å². The molecule has 0 saturated carbocycles. The fraction of sp³-hybridized carbons (Fsp3) is 0.385. The Morgan fingerprint density at radius 3 is 2.74 bits per heavy atom. The van der Waals surface area contributed by atoms with Crippen molar-refractivity contribution in [1.82, 2.24) is 5.32 Å². The number of carbonyl (C=O) groups excluding carboxylic acids is 1. The largest absolute Gasteiger partial charge is 0.309 e. The molecule has 0 spiro atoms. The monoisotopic (exact) mass is 280 g/mol. The van der Waals surface area contributed by atoms with Gasteiger partial charge in [0.2, 0.25) is 5.91 Å². The molecular weight excluding hydrogens is 264 g/mol. The zero-order chi connectivity index (χ0) is 13.9. The molecule has 1 aromatic carbocycles. The second-order valence-corrected chi connectivity index (χ2v) is 5.99. The first-order valence-corrected chi connectivity index (χ1v) is 7.73. The lowest BCUT2D eigenvalue weighted by Gasteiger charge is -2.04. The van der Waals surface area contributed by atoms with Gasteiger partial charge in [0.1, 0.15) is 4.90 Å². The van der Waals surface area contributed by atoms with Crippen molar-refractivity contribution in [1.29, 1.82) is 0 Å². The zero-order valence-corrected chi connectivity index (χ0v) is 11.5. The van der Waals surface area contributed by atoms with E-state index in [4.69, 9.17) is 0 Å². The van der Waals surface area contributed by atoms with Crippen molar-refractivity contribution in [3.05, 3.63) is 29.8 Å². The van der Waals surface area contributed by atoms with Gasteiger partial charge in [-0.1, -0.05) is 31.9 Å². The first kappa shape index (κ1) is 13.7. The Morgan fingerprint density at radius 2 is 2.00 bits per heavy atom. The molecule has 1 aliphatic rings. The van der Waals surface area contributed by atoms with E-state index in [0.717, 1.165) is 19.3 Å². The summed E-state index contributed by atoms with van der Waals surface area (Å²) in [6.07, 6.45) is 3.19. The molecule has 1 N–H and O–H groups in total. The Hall–Kier alpha value is -1.69. The minimum Gasteiger partial charge on any atom is -0.309 e. The van der Waals surface area contributed by atoms with Gasteiger partial charge in [-0.2, -0.15) is 8.42 Å². The van der Waals surface area contributed by atoms with E-state index in [2.05, 4.69) is 16.6 Å². The van der Waals surface area contributed by atoms with Crippen LogP contribution in [0, 0.1) is 0 Å². The second kappa shape index (κ2) is 5.52. The average molecular weight is 280 g/mol. The minimum absolute atomic E-state index is 0.136. The van der Waals surface area contributed by atoms with Crippen molar-refractivity contribution in [3.63, 3.8) is 0 Å². The van der Waals surface area contributed by atoms with Gasteiger partial charge in [0, 0.05) is 12.0 Å². The quantitative estimate of drug-likeness (QED) is 0.855. The van der Waals surface area contributed by atoms with Gasteiger partial charge in [0.15, 0.2) is 5.84 Å². The van der Waals surface area contributed by atoms with Crippen LogP contribution in [0.5, 0.6) is 0 Å². The van der Waals surface area contributed by atoms with Gasteiger partial charge in [-0.05, 0) is 18.6 Å². The molecule has 102 valence electrons. The number of amidine groups is 1. The number of fused-ring (bicyclic) bond motifs is 1. The molecule has 1 aliphatic heterocycles. The predicted octanol–water partition coefficient (Wildman–Crippen LogP) is 1.83. The highest BCUT2D eigenvalue weighted by Gasteiger charge is 2.29. The Balaban J connectivity index is 2.12. The van der Waals surface area contributed by atoms with Crippen LogP contribution in [0.25, 0.3) is 0 Å². The third-order valence-electron chi connectivity index (χ3n) is 2.90. The molecule has 0 saturated heterocycles. The van der Waals surface area contributed by atoms with Gasteiger partial charge >= 0.3 is 0 Å². The third-order valence-corrected chi connectivity index (χ3v) is 4.23. The van der Waals surface area contributed by atoms with E-state index in [1.165, 1.54) is 6.07 Å². The smallest absolute Gasteiger partial charge is 0.285 e. The number of hydrogen-bond donors (Lipinski definition) is 1. The molecule has 0 bridgehead atoms. The van der Waals surface area contributed by atoms with Crippen LogP contribution in [0.2, 0.25) is 0 Å². The van der Waals surface area contributed by atoms with Crippen LogP contribution in [0.3, 0.4) is 0 Å². The molecule has 0 unspecified atom stereocenters. The van der Waals surface area contributed by atoms with Crippen LogP contribution < -0.4 is 5.32 Å². The number of nitrogens with one attached hydrogen (secondary N) is 1.